The molecule has 1 aliphatic rings. The normalized spacial score (nSPS) is 13.4. The van der Waals surface area contributed by atoms with Crippen LogP contribution in [0.1, 0.15) is 22.3 Å². The summed E-state index contributed by atoms with van der Waals surface area (Å²) in [7, 11) is 0. The van der Waals surface area contributed by atoms with Crippen LogP contribution in [0, 0.1) is 0 Å². The van der Waals surface area contributed by atoms with Gasteiger partial charge in [-0.15, -0.1) is 0 Å². The number of carboxylic acids is 1. The molecule has 0 spiro atoms. The Balaban J connectivity index is 1.92. The first kappa shape index (κ1) is 14.4. The van der Waals surface area contributed by atoms with Crippen LogP contribution in [-0.2, 0) is 11.2 Å². The van der Waals surface area contributed by atoms with Crippen molar-refractivity contribution in [3.8, 4) is 11.1 Å². The molecule has 0 unspecified atom stereocenters. The predicted molar refractivity (Wildman–Crippen MR) is 91.1 cm³/mol. The summed E-state index contributed by atoms with van der Waals surface area (Å²) >= 11 is 0. The Hall–Kier alpha value is -3.21. The summed E-state index contributed by atoms with van der Waals surface area (Å²) in [5, 5.41) is 12.9. The Kier molecular flexibility index (Phi) is 3.27. The third-order valence-electron chi connectivity index (χ3n) is 4.34. The molecule has 0 saturated heterocycles. The Morgan fingerprint density at radius 3 is 2.83 bits per heavy atom. The second-order valence-corrected chi connectivity index (χ2v) is 5.78. The minimum Gasteiger partial charge on any atom is -0.478 e. The van der Waals surface area contributed by atoms with Gasteiger partial charge in [0.15, 0.2) is 0 Å². The van der Waals surface area contributed by atoms with E-state index in [0.717, 1.165) is 22.4 Å². The maximum atomic E-state index is 11.6. The van der Waals surface area contributed by atoms with Crippen molar-refractivity contribution < 1.29 is 14.7 Å². The van der Waals surface area contributed by atoms with Crippen LogP contribution < -0.4 is 5.32 Å². The molecule has 0 aliphatic carbocycles. The second kappa shape index (κ2) is 5.45. The van der Waals surface area contributed by atoms with Gasteiger partial charge in [-0.3, -0.25) is 9.78 Å². The monoisotopic (exact) mass is 318 g/mol. The van der Waals surface area contributed by atoms with Crippen molar-refractivity contribution in [3.63, 3.8) is 0 Å². The molecule has 3 aromatic rings. The Morgan fingerprint density at radius 2 is 2.00 bits per heavy atom. The van der Waals surface area contributed by atoms with Crippen LogP contribution in [0.5, 0.6) is 0 Å². The molecule has 0 radical (unpaired) electrons. The van der Waals surface area contributed by atoms with Crippen molar-refractivity contribution in [2.45, 2.75) is 12.8 Å². The van der Waals surface area contributed by atoms with Crippen LogP contribution in [0.25, 0.3) is 22.0 Å². The Morgan fingerprint density at radius 1 is 1.12 bits per heavy atom. The number of benzene rings is 2. The van der Waals surface area contributed by atoms with Gasteiger partial charge in [0.25, 0.3) is 0 Å². The summed E-state index contributed by atoms with van der Waals surface area (Å²) in [6.45, 7) is 0. The lowest BCUT2D eigenvalue weighted by Crippen LogP contribution is -2.19. The zero-order chi connectivity index (χ0) is 16.7. The molecule has 0 fully saturated rings. The van der Waals surface area contributed by atoms with E-state index in [9.17, 15) is 14.7 Å². The lowest BCUT2D eigenvalue weighted by atomic mass is 9.92. The molecule has 1 amide bonds. The van der Waals surface area contributed by atoms with Crippen LogP contribution in [0.15, 0.2) is 48.7 Å². The van der Waals surface area contributed by atoms with Gasteiger partial charge in [-0.05, 0) is 47.4 Å². The van der Waals surface area contributed by atoms with Crippen LogP contribution in [0.2, 0.25) is 0 Å². The fraction of sp³-hybridized carbons (Fsp3) is 0.105. The van der Waals surface area contributed by atoms with Crippen molar-refractivity contribution in [3.05, 3.63) is 59.8 Å². The minimum absolute atomic E-state index is 0.0236. The Labute approximate surface area is 138 Å². The first-order chi connectivity index (χ1) is 11.6. The quantitative estimate of drug-likeness (QED) is 0.758. The van der Waals surface area contributed by atoms with Crippen LogP contribution in [0.3, 0.4) is 0 Å². The molecule has 24 heavy (non-hydrogen) atoms. The lowest BCUT2D eigenvalue weighted by molar-refractivity contribution is -0.116. The van der Waals surface area contributed by atoms with E-state index in [1.807, 2.05) is 36.4 Å². The third kappa shape index (κ3) is 2.31. The molecule has 5 nitrogen and oxygen atoms in total. The number of carbonyl (C=O) groups excluding carboxylic acids is 1. The zero-order valence-corrected chi connectivity index (χ0v) is 12.7. The molecule has 0 atom stereocenters. The number of rotatable bonds is 2. The molecule has 1 aliphatic heterocycles. The molecule has 2 N–H and O–H groups in total. The highest BCUT2D eigenvalue weighted by molar-refractivity contribution is 6.04. The molecule has 1 aromatic heterocycles. The third-order valence-corrected chi connectivity index (χ3v) is 4.34. The number of pyridine rings is 1. The van der Waals surface area contributed by atoms with E-state index in [-0.39, 0.29) is 11.5 Å². The summed E-state index contributed by atoms with van der Waals surface area (Å²) in [5.41, 5.74) is 4.73. The number of anilines is 1. The summed E-state index contributed by atoms with van der Waals surface area (Å²) in [5.74, 6) is -0.947. The molecular formula is C19H14N2O3. The number of aromatic nitrogens is 1. The summed E-state index contributed by atoms with van der Waals surface area (Å²) in [6.07, 6.45) is 2.64. The summed E-state index contributed by atoms with van der Waals surface area (Å²) in [4.78, 5) is 27.3. The molecule has 2 aromatic carbocycles. The van der Waals surface area contributed by atoms with Gasteiger partial charge in [0, 0.05) is 23.7 Å². The number of aromatic carboxylic acids is 1. The van der Waals surface area contributed by atoms with E-state index in [1.54, 1.807) is 0 Å². The molecule has 118 valence electrons. The number of hydrogen-bond acceptors (Lipinski definition) is 3. The number of carboxylic acid groups (broad SMARTS) is 1. The van der Waals surface area contributed by atoms with Crippen molar-refractivity contribution >= 4 is 28.5 Å². The summed E-state index contributed by atoms with van der Waals surface area (Å²) < 4.78 is 0. The van der Waals surface area contributed by atoms with Gasteiger partial charge < -0.3 is 10.4 Å². The van der Waals surface area contributed by atoms with Gasteiger partial charge in [-0.2, -0.15) is 0 Å². The highest BCUT2D eigenvalue weighted by atomic mass is 16.4. The van der Waals surface area contributed by atoms with Gasteiger partial charge in [-0.25, -0.2) is 4.79 Å². The van der Waals surface area contributed by atoms with E-state index < -0.39 is 5.97 Å². The molecule has 5 heteroatoms. The largest absolute Gasteiger partial charge is 0.478 e. The average molecular weight is 318 g/mol. The van der Waals surface area contributed by atoms with Crippen LogP contribution >= 0.6 is 0 Å². The standard InChI is InChI=1S/C19H14N2O3/c22-18-7-5-13-12(2-1-3-17(13)21-18)11-4-6-16-15(10-11)14(19(23)24)8-9-20-16/h1-4,6,8-10H,5,7H2,(H,21,22)(H,23,24). The van der Waals surface area contributed by atoms with E-state index >= 15 is 0 Å². The highest BCUT2D eigenvalue weighted by Gasteiger charge is 2.19. The van der Waals surface area contributed by atoms with Gasteiger partial charge >= 0.3 is 5.97 Å². The number of fused-ring (bicyclic) bond motifs is 2. The van der Waals surface area contributed by atoms with Crippen molar-refractivity contribution in [1.82, 2.24) is 4.98 Å². The lowest BCUT2D eigenvalue weighted by Gasteiger charge is -2.20. The fourth-order valence-electron chi connectivity index (χ4n) is 3.20. The van der Waals surface area contributed by atoms with Crippen LogP contribution in [-0.4, -0.2) is 22.0 Å². The smallest absolute Gasteiger partial charge is 0.336 e. The predicted octanol–water partition coefficient (Wildman–Crippen LogP) is 3.48. The number of hydrogen-bond donors (Lipinski definition) is 2. The van der Waals surface area contributed by atoms with Gasteiger partial charge in [0.1, 0.15) is 0 Å². The molecule has 0 saturated carbocycles. The molecule has 2 heterocycles. The fourth-order valence-corrected chi connectivity index (χ4v) is 3.20. The maximum absolute atomic E-state index is 11.6. The number of carbonyl (C=O) groups is 2. The maximum Gasteiger partial charge on any atom is 0.336 e. The highest BCUT2D eigenvalue weighted by Crippen LogP contribution is 2.34. The first-order valence-corrected chi connectivity index (χ1v) is 7.67. The second-order valence-electron chi connectivity index (χ2n) is 5.78. The van der Waals surface area contributed by atoms with E-state index in [4.69, 9.17) is 0 Å². The molecule has 0 bridgehead atoms. The van der Waals surface area contributed by atoms with Crippen molar-refractivity contribution in [1.29, 1.82) is 0 Å². The first-order valence-electron chi connectivity index (χ1n) is 7.67. The minimum atomic E-state index is -0.970. The number of amides is 1. The van der Waals surface area contributed by atoms with Crippen LogP contribution in [0.4, 0.5) is 5.69 Å². The topological polar surface area (TPSA) is 79.3 Å². The van der Waals surface area contributed by atoms with Gasteiger partial charge in [-0.1, -0.05) is 18.2 Å². The Bertz CT molecular complexity index is 995. The van der Waals surface area contributed by atoms with Crippen molar-refractivity contribution in [2.75, 3.05) is 5.32 Å². The average Bonchev–Trinajstić information content (AvgIpc) is 2.59. The number of nitrogens with zero attached hydrogens (tertiary/aromatic N) is 1. The van der Waals surface area contributed by atoms with E-state index in [1.165, 1.54) is 12.3 Å². The molecular weight excluding hydrogens is 304 g/mol. The van der Waals surface area contributed by atoms with E-state index in [2.05, 4.69) is 10.3 Å². The van der Waals surface area contributed by atoms with E-state index in [0.29, 0.717) is 23.7 Å². The van der Waals surface area contributed by atoms with Crippen molar-refractivity contribution in [2.24, 2.45) is 0 Å². The SMILES string of the molecule is O=C1CCc2c(cccc2-c2ccc3nccc(C(=O)O)c3c2)N1. The van der Waals surface area contributed by atoms with Gasteiger partial charge in [0.2, 0.25) is 5.91 Å². The number of nitrogens with one attached hydrogen (secondary N) is 1. The zero-order valence-electron chi connectivity index (χ0n) is 12.7. The molecule has 4 rings (SSSR count). The van der Waals surface area contributed by atoms with Gasteiger partial charge in [0.05, 0.1) is 11.1 Å². The summed E-state index contributed by atoms with van der Waals surface area (Å²) in [6, 6.07) is 12.9.